The van der Waals surface area contributed by atoms with Gasteiger partial charge in [0.2, 0.25) is 0 Å². The van der Waals surface area contributed by atoms with Crippen LogP contribution in [-0.4, -0.2) is 51.4 Å². The van der Waals surface area contributed by atoms with Crippen LogP contribution in [0.1, 0.15) is 89.1 Å². The van der Waals surface area contributed by atoms with E-state index < -0.39 is 17.7 Å². The second kappa shape index (κ2) is 13.0. The lowest BCUT2D eigenvalue weighted by molar-refractivity contribution is -0.164. The molecule has 4 aromatic rings. The second-order valence-electron chi connectivity index (χ2n) is 14.2. The van der Waals surface area contributed by atoms with E-state index in [0.717, 1.165) is 97.6 Å². The third-order valence-electron chi connectivity index (χ3n) is 9.50. The first-order chi connectivity index (χ1) is 22.0. The predicted octanol–water partition coefficient (Wildman–Crippen LogP) is 8.08. The summed E-state index contributed by atoms with van der Waals surface area (Å²) in [6.07, 6.45) is 15.2. The zero-order valence-electron chi connectivity index (χ0n) is 28.2. The maximum Gasteiger partial charge on any atom is 0.339 e. The van der Waals surface area contributed by atoms with Gasteiger partial charge in [0, 0.05) is 48.4 Å². The lowest BCUT2D eigenvalue weighted by Crippen LogP contribution is -2.41. The van der Waals surface area contributed by atoms with Gasteiger partial charge in [-0.3, -0.25) is 4.98 Å². The summed E-state index contributed by atoms with van der Waals surface area (Å²) in [5, 5.41) is 5.19. The minimum absolute atomic E-state index is 0.244. The number of piperidine rings is 1. The monoisotopic (exact) mass is 621 g/mol. The molecule has 1 saturated heterocycles. The summed E-state index contributed by atoms with van der Waals surface area (Å²) < 4.78 is 13.7. The minimum atomic E-state index is -0.944. The molecule has 3 aromatic heterocycles. The average Bonchev–Trinajstić information content (AvgIpc) is 3.46. The highest BCUT2D eigenvalue weighted by molar-refractivity contribution is 5.81. The molecular weight excluding hydrogens is 574 g/mol. The summed E-state index contributed by atoms with van der Waals surface area (Å²) in [6, 6.07) is 12.7. The van der Waals surface area contributed by atoms with Crippen molar-refractivity contribution in [2.75, 3.05) is 25.1 Å². The lowest BCUT2D eigenvalue weighted by Gasteiger charge is -2.41. The topological polar surface area (TPSA) is 81.8 Å². The standard InChI is InChI=1S/C38H47N5O3/c1-26-33(34(36(44)45-6)46-37(2,3)4)35-42-21-18-38(5,19-22-42)17-11-9-7-8-10-13-27-16-20-39-25-30(27)28-14-12-15-29(23-28)31-24-32(40-26)43(35)41-31/h7,9,12,14-16,20,23-25,34H,8,10-11,13,17-19,21-22H2,1-6H3/b9-7+/t34-/m0/s1. The smallest absolute Gasteiger partial charge is 0.339 e. The maximum absolute atomic E-state index is 13.4. The number of esters is 1. The maximum atomic E-state index is 13.4. The van der Waals surface area contributed by atoms with Crippen LogP contribution in [0, 0.1) is 12.3 Å². The fourth-order valence-corrected chi connectivity index (χ4v) is 6.89. The number of carbonyl (C=O) groups excluding carboxylic acids is 1. The van der Waals surface area contributed by atoms with E-state index in [4.69, 9.17) is 19.6 Å². The molecule has 46 heavy (non-hydrogen) atoms. The van der Waals surface area contributed by atoms with Gasteiger partial charge in [-0.15, -0.1) is 0 Å². The van der Waals surface area contributed by atoms with E-state index in [1.807, 2.05) is 50.7 Å². The first-order valence-corrected chi connectivity index (χ1v) is 16.6. The first-order valence-electron chi connectivity index (χ1n) is 16.6. The van der Waals surface area contributed by atoms with Crippen molar-refractivity contribution >= 4 is 17.4 Å². The zero-order valence-corrected chi connectivity index (χ0v) is 28.2. The Bertz CT molecular complexity index is 1740. The van der Waals surface area contributed by atoms with E-state index in [0.29, 0.717) is 5.56 Å². The number of aromatic nitrogens is 4. The average molecular weight is 622 g/mol. The van der Waals surface area contributed by atoms with Gasteiger partial charge in [-0.05, 0) is 101 Å². The Hall–Kier alpha value is -4.04. The van der Waals surface area contributed by atoms with Crippen LogP contribution in [-0.2, 0) is 20.7 Å². The SMILES string of the molecule is COC(=O)[C@@H](OC(C)(C)C)c1c(C)nc2cc3nn2c1N1CCC(C)(CC/C=C/CCCc2ccncc2-c2cccc-3c2)CC1. The number of rotatable bonds is 3. The van der Waals surface area contributed by atoms with Gasteiger partial charge in [0.25, 0.3) is 0 Å². The number of carbonyl (C=O) groups is 1. The van der Waals surface area contributed by atoms with Crippen LogP contribution < -0.4 is 4.90 Å². The second-order valence-corrected chi connectivity index (χ2v) is 14.2. The molecule has 8 heteroatoms. The number of fused-ring (bicyclic) bond motifs is 7. The third-order valence-corrected chi connectivity index (χ3v) is 9.50. The fraction of sp³-hybridized carbons (Fsp3) is 0.474. The quantitative estimate of drug-likeness (QED) is 0.169. The highest BCUT2D eigenvalue weighted by atomic mass is 16.6. The summed E-state index contributed by atoms with van der Waals surface area (Å²) in [4.78, 5) is 25.2. The van der Waals surface area contributed by atoms with Crippen molar-refractivity contribution in [1.29, 1.82) is 0 Å². The number of aryl methyl sites for hydroxylation is 2. The highest BCUT2D eigenvalue weighted by Crippen LogP contribution is 2.41. The molecule has 8 nitrogen and oxygen atoms in total. The van der Waals surface area contributed by atoms with Gasteiger partial charge in [-0.2, -0.15) is 9.61 Å². The van der Waals surface area contributed by atoms with E-state index in [1.165, 1.54) is 12.7 Å². The molecule has 6 heterocycles. The van der Waals surface area contributed by atoms with Crippen LogP contribution in [0.15, 0.2) is 60.9 Å². The van der Waals surface area contributed by atoms with Crippen LogP contribution in [0.25, 0.3) is 28.0 Å². The van der Waals surface area contributed by atoms with Gasteiger partial charge in [-0.25, -0.2) is 9.78 Å². The minimum Gasteiger partial charge on any atom is -0.467 e. The molecule has 0 unspecified atom stereocenters. The normalized spacial score (nSPS) is 18.3. The Morgan fingerprint density at radius 1 is 1.02 bits per heavy atom. The Morgan fingerprint density at radius 2 is 1.78 bits per heavy atom. The van der Waals surface area contributed by atoms with Crippen molar-refractivity contribution in [2.45, 2.75) is 91.3 Å². The zero-order chi connectivity index (χ0) is 32.5. The van der Waals surface area contributed by atoms with Gasteiger partial charge in [0.15, 0.2) is 11.8 Å². The number of methoxy groups -OCH3 is 1. The van der Waals surface area contributed by atoms with Gasteiger partial charge >= 0.3 is 5.97 Å². The van der Waals surface area contributed by atoms with Crippen LogP contribution in [0.3, 0.4) is 0 Å². The summed E-state index contributed by atoms with van der Waals surface area (Å²) >= 11 is 0. The Kier molecular flexibility index (Phi) is 9.01. The van der Waals surface area contributed by atoms with Crippen LogP contribution in [0.5, 0.6) is 0 Å². The lowest BCUT2D eigenvalue weighted by atomic mass is 9.76. The van der Waals surface area contributed by atoms with Crippen molar-refractivity contribution in [2.24, 2.45) is 5.41 Å². The molecule has 6 bridgehead atoms. The number of allylic oxidation sites excluding steroid dienone is 2. The van der Waals surface area contributed by atoms with Gasteiger partial charge in [-0.1, -0.05) is 37.3 Å². The third kappa shape index (κ3) is 6.73. The summed E-state index contributed by atoms with van der Waals surface area (Å²) in [5.41, 5.74) is 7.25. The number of hydrogen-bond donors (Lipinski definition) is 0. The largest absolute Gasteiger partial charge is 0.467 e. The predicted molar refractivity (Wildman–Crippen MR) is 183 cm³/mol. The van der Waals surface area contributed by atoms with Crippen LogP contribution in [0.2, 0.25) is 0 Å². The van der Waals surface area contributed by atoms with Crippen molar-refractivity contribution in [3.05, 3.63) is 77.8 Å². The highest BCUT2D eigenvalue weighted by Gasteiger charge is 2.37. The molecule has 3 aliphatic rings. The van der Waals surface area contributed by atoms with Crippen molar-refractivity contribution in [3.8, 4) is 22.4 Å². The number of nitrogens with zero attached hydrogens (tertiary/aromatic N) is 5. The Labute approximate surface area is 272 Å². The van der Waals surface area contributed by atoms with Crippen LogP contribution in [0.4, 0.5) is 5.82 Å². The fourth-order valence-electron chi connectivity index (χ4n) is 6.89. The molecule has 7 rings (SSSR count). The van der Waals surface area contributed by atoms with Crippen LogP contribution >= 0.6 is 0 Å². The molecule has 0 N–H and O–H groups in total. The van der Waals surface area contributed by atoms with E-state index >= 15 is 0 Å². The Morgan fingerprint density at radius 3 is 2.54 bits per heavy atom. The van der Waals surface area contributed by atoms with E-state index in [-0.39, 0.29) is 5.41 Å². The molecule has 242 valence electrons. The summed E-state index contributed by atoms with van der Waals surface area (Å²) in [5.74, 6) is 0.415. The molecule has 0 saturated carbocycles. The molecule has 0 spiro atoms. The number of ether oxygens (including phenoxy) is 2. The summed E-state index contributed by atoms with van der Waals surface area (Å²) in [6.45, 7) is 11.9. The van der Waals surface area contributed by atoms with Gasteiger partial charge in [0.05, 0.1) is 24.0 Å². The van der Waals surface area contributed by atoms with E-state index in [2.05, 4.69) is 59.3 Å². The number of pyridine rings is 1. The number of anilines is 1. The first kappa shape index (κ1) is 31.9. The molecule has 3 aliphatic heterocycles. The molecule has 0 aliphatic carbocycles. The number of benzene rings is 1. The van der Waals surface area contributed by atoms with E-state index in [9.17, 15) is 4.79 Å². The van der Waals surface area contributed by atoms with Crippen molar-refractivity contribution in [3.63, 3.8) is 0 Å². The molecule has 1 aromatic carbocycles. The van der Waals surface area contributed by atoms with Crippen molar-refractivity contribution in [1.82, 2.24) is 19.6 Å². The summed E-state index contributed by atoms with van der Waals surface area (Å²) in [7, 11) is 1.41. The van der Waals surface area contributed by atoms with Gasteiger partial charge < -0.3 is 14.4 Å². The number of hydrogen-bond acceptors (Lipinski definition) is 7. The Balaban J connectivity index is 1.54. The molecule has 0 radical (unpaired) electrons. The molecule has 1 atom stereocenters. The molecule has 1 fully saturated rings. The van der Waals surface area contributed by atoms with Gasteiger partial charge in [0.1, 0.15) is 5.82 Å². The van der Waals surface area contributed by atoms with Crippen molar-refractivity contribution < 1.29 is 14.3 Å². The van der Waals surface area contributed by atoms with E-state index in [1.54, 1.807) is 0 Å². The molecular formula is C38H47N5O3. The molecule has 0 amide bonds.